The minimum Gasteiger partial charge on any atom is -0.398 e. The fourth-order valence-electron chi connectivity index (χ4n) is 1.38. The van der Waals surface area contributed by atoms with E-state index in [-0.39, 0.29) is 0 Å². The quantitative estimate of drug-likeness (QED) is 0.773. The smallest absolute Gasteiger partial charge is 0.0972 e. The van der Waals surface area contributed by atoms with E-state index in [4.69, 9.17) is 11.5 Å². The zero-order valence-electron chi connectivity index (χ0n) is 8.31. The number of thiazole rings is 1. The van der Waals surface area contributed by atoms with Gasteiger partial charge in [0.2, 0.25) is 0 Å². The predicted octanol–water partition coefficient (Wildman–Crippen LogP) is 1.77. The van der Waals surface area contributed by atoms with E-state index in [1.807, 2.05) is 30.5 Å². The third kappa shape index (κ3) is 2.34. The lowest BCUT2D eigenvalue weighted by Crippen LogP contribution is -1.94. The molecule has 0 unspecified atom stereocenters. The summed E-state index contributed by atoms with van der Waals surface area (Å²) >= 11 is 1.64. The van der Waals surface area contributed by atoms with Crippen LogP contribution in [0.5, 0.6) is 0 Å². The van der Waals surface area contributed by atoms with Crippen LogP contribution in [0, 0.1) is 0 Å². The van der Waals surface area contributed by atoms with Crippen LogP contribution in [0.15, 0.2) is 30.5 Å². The summed E-state index contributed by atoms with van der Waals surface area (Å²) in [5.41, 5.74) is 13.3. The Morgan fingerprint density at radius 3 is 2.73 bits per heavy atom. The summed E-state index contributed by atoms with van der Waals surface area (Å²) in [6, 6.07) is 7.86. The van der Waals surface area contributed by atoms with Gasteiger partial charge < -0.3 is 11.5 Å². The first kappa shape index (κ1) is 10.1. The van der Waals surface area contributed by atoms with E-state index in [0.717, 1.165) is 27.6 Å². The van der Waals surface area contributed by atoms with E-state index in [0.29, 0.717) is 6.54 Å². The Balaban J connectivity index is 2.18. The lowest BCUT2D eigenvalue weighted by Gasteiger charge is -2.01. The van der Waals surface area contributed by atoms with Gasteiger partial charge in [-0.15, -0.1) is 11.3 Å². The third-order valence-corrected chi connectivity index (χ3v) is 3.22. The predicted molar refractivity (Wildman–Crippen MR) is 63.7 cm³/mol. The van der Waals surface area contributed by atoms with Gasteiger partial charge in [-0.2, -0.15) is 0 Å². The summed E-state index contributed by atoms with van der Waals surface area (Å²) in [5, 5.41) is 1.06. The van der Waals surface area contributed by atoms with Gasteiger partial charge >= 0.3 is 0 Å². The Hall–Kier alpha value is -1.39. The highest BCUT2D eigenvalue weighted by Crippen LogP contribution is 2.19. The maximum absolute atomic E-state index is 5.86. The maximum Gasteiger partial charge on any atom is 0.0972 e. The SMILES string of the molecule is NCc1cnc(Cc2ccccc2N)s1. The van der Waals surface area contributed by atoms with E-state index < -0.39 is 0 Å². The van der Waals surface area contributed by atoms with Crippen molar-refractivity contribution in [3.8, 4) is 0 Å². The molecule has 0 aliphatic heterocycles. The molecule has 1 heterocycles. The largest absolute Gasteiger partial charge is 0.398 e. The van der Waals surface area contributed by atoms with E-state index >= 15 is 0 Å². The minimum atomic E-state index is 0.557. The third-order valence-electron chi connectivity index (χ3n) is 2.20. The molecule has 2 rings (SSSR count). The maximum atomic E-state index is 5.86. The van der Waals surface area contributed by atoms with Crippen molar-refractivity contribution in [1.29, 1.82) is 0 Å². The fourth-order valence-corrected chi connectivity index (χ4v) is 2.21. The number of rotatable bonds is 3. The number of nitrogen functional groups attached to an aromatic ring is 1. The summed E-state index contributed by atoms with van der Waals surface area (Å²) < 4.78 is 0. The topological polar surface area (TPSA) is 64.9 Å². The van der Waals surface area contributed by atoms with Gasteiger partial charge in [0.25, 0.3) is 0 Å². The molecule has 3 nitrogen and oxygen atoms in total. The molecule has 0 aliphatic rings. The molecule has 1 aromatic carbocycles. The molecule has 1 aromatic heterocycles. The van der Waals surface area contributed by atoms with Gasteiger partial charge in [-0.3, -0.25) is 0 Å². The highest BCUT2D eigenvalue weighted by Gasteiger charge is 2.04. The number of nitrogens with two attached hydrogens (primary N) is 2. The van der Waals surface area contributed by atoms with Gasteiger partial charge in [0.1, 0.15) is 0 Å². The van der Waals surface area contributed by atoms with Crippen LogP contribution in [0.3, 0.4) is 0 Å². The van der Waals surface area contributed by atoms with Gasteiger partial charge in [0.15, 0.2) is 0 Å². The molecule has 4 heteroatoms. The number of hydrogen-bond donors (Lipinski definition) is 2. The molecule has 0 radical (unpaired) electrons. The standard InChI is InChI=1S/C11H13N3S/c12-6-9-7-14-11(15-9)5-8-3-1-2-4-10(8)13/h1-4,7H,5-6,12-13H2. The minimum absolute atomic E-state index is 0.557. The van der Waals surface area contributed by atoms with E-state index in [1.165, 1.54) is 0 Å². The number of para-hydroxylation sites is 1. The van der Waals surface area contributed by atoms with Crippen molar-refractivity contribution >= 4 is 17.0 Å². The van der Waals surface area contributed by atoms with Crippen LogP contribution in [0.25, 0.3) is 0 Å². The molecule has 0 spiro atoms. The molecule has 0 saturated carbocycles. The van der Waals surface area contributed by atoms with Crippen LogP contribution in [-0.4, -0.2) is 4.98 Å². The van der Waals surface area contributed by atoms with Crippen LogP contribution < -0.4 is 11.5 Å². The van der Waals surface area contributed by atoms with Crippen LogP contribution in [0.4, 0.5) is 5.69 Å². The number of nitrogens with zero attached hydrogens (tertiary/aromatic N) is 1. The molecule has 0 atom stereocenters. The highest BCUT2D eigenvalue weighted by molar-refractivity contribution is 7.11. The van der Waals surface area contributed by atoms with Crippen LogP contribution in [0.1, 0.15) is 15.4 Å². The van der Waals surface area contributed by atoms with Gasteiger partial charge in [0.05, 0.1) is 5.01 Å². The second-order valence-corrected chi connectivity index (χ2v) is 4.50. The zero-order valence-corrected chi connectivity index (χ0v) is 9.13. The molecule has 0 saturated heterocycles. The summed E-state index contributed by atoms with van der Waals surface area (Å²) in [6.07, 6.45) is 2.62. The second-order valence-electron chi connectivity index (χ2n) is 3.30. The van der Waals surface area contributed by atoms with Gasteiger partial charge in [-0.25, -0.2) is 4.98 Å². The molecule has 2 aromatic rings. The molecular weight excluding hydrogens is 206 g/mol. The molecule has 0 aliphatic carbocycles. The monoisotopic (exact) mass is 219 g/mol. The van der Waals surface area contributed by atoms with E-state index in [2.05, 4.69) is 4.98 Å². The summed E-state index contributed by atoms with van der Waals surface area (Å²) in [7, 11) is 0. The number of benzene rings is 1. The Morgan fingerprint density at radius 2 is 2.07 bits per heavy atom. The van der Waals surface area contributed by atoms with Gasteiger partial charge in [-0.1, -0.05) is 18.2 Å². The fraction of sp³-hybridized carbons (Fsp3) is 0.182. The first-order valence-electron chi connectivity index (χ1n) is 4.76. The lowest BCUT2D eigenvalue weighted by atomic mass is 10.1. The van der Waals surface area contributed by atoms with Crippen LogP contribution >= 0.6 is 11.3 Å². The molecule has 0 amide bonds. The van der Waals surface area contributed by atoms with E-state index in [1.54, 1.807) is 11.3 Å². The lowest BCUT2D eigenvalue weighted by molar-refractivity contribution is 1.08. The average Bonchev–Trinajstić information content (AvgIpc) is 2.69. The van der Waals surface area contributed by atoms with E-state index in [9.17, 15) is 0 Å². The average molecular weight is 219 g/mol. The van der Waals surface area contributed by atoms with Gasteiger partial charge in [0, 0.05) is 29.7 Å². The van der Waals surface area contributed by atoms with Crippen molar-refractivity contribution in [2.75, 3.05) is 5.73 Å². The van der Waals surface area contributed by atoms with Crippen LogP contribution in [-0.2, 0) is 13.0 Å². The van der Waals surface area contributed by atoms with Crippen molar-refractivity contribution in [2.45, 2.75) is 13.0 Å². The Kier molecular flexibility index (Phi) is 2.99. The Labute approximate surface area is 92.8 Å². The van der Waals surface area contributed by atoms with Crippen molar-refractivity contribution in [3.05, 3.63) is 45.9 Å². The number of anilines is 1. The summed E-state index contributed by atoms with van der Waals surface area (Å²) in [5.74, 6) is 0. The van der Waals surface area contributed by atoms with Gasteiger partial charge in [-0.05, 0) is 11.6 Å². The van der Waals surface area contributed by atoms with Crippen LogP contribution in [0.2, 0.25) is 0 Å². The normalized spacial score (nSPS) is 10.5. The molecule has 0 fully saturated rings. The molecule has 4 N–H and O–H groups in total. The second kappa shape index (κ2) is 4.42. The zero-order chi connectivity index (χ0) is 10.7. The van der Waals surface area contributed by atoms with Crippen molar-refractivity contribution in [2.24, 2.45) is 5.73 Å². The highest BCUT2D eigenvalue weighted by atomic mass is 32.1. The summed E-state index contributed by atoms with van der Waals surface area (Å²) in [4.78, 5) is 5.42. The molecular formula is C11H13N3S. The number of aromatic nitrogens is 1. The van der Waals surface area contributed by atoms with Crippen molar-refractivity contribution in [1.82, 2.24) is 4.98 Å². The molecule has 78 valence electrons. The Morgan fingerprint density at radius 1 is 1.27 bits per heavy atom. The number of hydrogen-bond acceptors (Lipinski definition) is 4. The first-order chi connectivity index (χ1) is 7.29. The first-order valence-corrected chi connectivity index (χ1v) is 5.58. The Bertz CT molecular complexity index is 451. The van der Waals surface area contributed by atoms with Crippen molar-refractivity contribution < 1.29 is 0 Å². The molecule has 0 bridgehead atoms. The van der Waals surface area contributed by atoms with Crippen molar-refractivity contribution in [3.63, 3.8) is 0 Å². The molecule has 15 heavy (non-hydrogen) atoms. The summed E-state index contributed by atoms with van der Waals surface area (Å²) in [6.45, 7) is 0.557.